The van der Waals surface area contributed by atoms with Crippen molar-refractivity contribution in [3.63, 3.8) is 0 Å². The quantitative estimate of drug-likeness (QED) is 0.347. The average Bonchev–Trinajstić information content (AvgIpc) is 2.71. The minimum absolute atomic E-state index is 0.00468. The maximum Gasteiger partial charge on any atom is 0.277 e. The zero-order valence-corrected chi connectivity index (χ0v) is 16.5. The number of non-ortho nitro benzene ring substituents is 1. The lowest BCUT2D eigenvalue weighted by atomic mass is 10.1. The van der Waals surface area contributed by atoms with Gasteiger partial charge < -0.3 is 4.74 Å². The number of hydrazone groups is 1. The molecule has 28 heavy (non-hydrogen) atoms. The molecule has 3 aromatic carbocycles. The second kappa shape index (κ2) is 8.62. The van der Waals surface area contributed by atoms with Crippen LogP contribution in [0.25, 0.3) is 10.8 Å². The molecule has 1 amide bonds. The summed E-state index contributed by atoms with van der Waals surface area (Å²) in [6.45, 7) is 1.50. The summed E-state index contributed by atoms with van der Waals surface area (Å²) < 4.78 is 6.37. The number of amides is 1. The number of carbonyl (C=O) groups is 1. The first-order valence-electron chi connectivity index (χ1n) is 8.33. The largest absolute Gasteiger partial charge is 0.483 e. The number of rotatable bonds is 6. The van der Waals surface area contributed by atoms with Gasteiger partial charge in [-0.3, -0.25) is 14.9 Å². The number of carbonyl (C=O) groups excluding carboxylic acids is 1. The SMILES string of the molecule is C/C(=N/NC(=O)COc1ccc2ccccc2c1Br)c1ccc([N+](=O)[O-])cc1. The van der Waals surface area contributed by atoms with Crippen molar-refractivity contribution in [3.05, 3.63) is 80.8 Å². The Morgan fingerprint density at radius 3 is 2.57 bits per heavy atom. The highest BCUT2D eigenvalue weighted by Gasteiger charge is 2.09. The molecule has 0 spiro atoms. The molecule has 142 valence electrons. The van der Waals surface area contributed by atoms with Crippen LogP contribution < -0.4 is 10.2 Å². The summed E-state index contributed by atoms with van der Waals surface area (Å²) in [4.78, 5) is 22.2. The highest BCUT2D eigenvalue weighted by atomic mass is 79.9. The van der Waals surface area contributed by atoms with Crippen molar-refractivity contribution in [2.24, 2.45) is 5.10 Å². The Labute approximate surface area is 169 Å². The van der Waals surface area contributed by atoms with Crippen molar-refractivity contribution in [3.8, 4) is 5.75 Å². The van der Waals surface area contributed by atoms with Gasteiger partial charge in [-0.2, -0.15) is 5.10 Å². The van der Waals surface area contributed by atoms with E-state index in [0.717, 1.165) is 15.2 Å². The van der Waals surface area contributed by atoms with E-state index in [1.165, 1.54) is 12.1 Å². The molecule has 1 N–H and O–H groups in total. The zero-order valence-electron chi connectivity index (χ0n) is 14.9. The number of benzene rings is 3. The highest BCUT2D eigenvalue weighted by Crippen LogP contribution is 2.32. The Morgan fingerprint density at radius 1 is 1.14 bits per heavy atom. The second-order valence-electron chi connectivity index (χ2n) is 5.92. The van der Waals surface area contributed by atoms with E-state index in [0.29, 0.717) is 17.0 Å². The van der Waals surface area contributed by atoms with Crippen LogP contribution in [-0.4, -0.2) is 23.1 Å². The van der Waals surface area contributed by atoms with Crippen LogP contribution in [0.3, 0.4) is 0 Å². The topological polar surface area (TPSA) is 93.8 Å². The summed E-state index contributed by atoms with van der Waals surface area (Å²) in [5, 5.41) is 16.7. The number of halogens is 1. The number of nitro benzene ring substituents is 1. The molecule has 0 aliphatic rings. The average molecular weight is 442 g/mol. The molecule has 0 fully saturated rings. The molecule has 0 aromatic heterocycles. The van der Waals surface area contributed by atoms with Crippen LogP contribution in [0.4, 0.5) is 5.69 Å². The fraction of sp³-hybridized carbons (Fsp3) is 0.100. The van der Waals surface area contributed by atoms with Crippen LogP contribution in [0.5, 0.6) is 5.75 Å². The number of hydrogen-bond donors (Lipinski definition) is 1. The summed E-state index contributed by atoms with van der Waals surface area (Å²) in [6, 6.07) is 17.5. The maximum atomic E-state index is 12.0. The van der Waals surface area contributed by atoms with Crippen LogP contribution in [0.1, 0.15) is 12.5 Å². The van der Waals surface area contributed by atoms with Gasteiger partial charge in [0.1, 0.15) is 5.75 Å². The Hall–Kier alpha value is -3.26. The van der Waals surface area contributed by atoms with Crippen LogP contribution in [0.15, 0.2) is 70.2 Å². The molecule has 0 radical (unpaired) electrons. The number of hydrogen-bond acceptors (Lipinski definition) is 5. The summed E-state index contributed by atoms with van der Waals surface area (Å²) >= 11 is 3.51. The Balaban J connectivity index is 1.60. The molecule has 0 bridgehead atoms. The molecule has 0 aliphatic carbocycles. The van der Waals surface area contributed by atoms with Gasteiger partial charge in [-0.15, -0.1) is 0 Å². The lowest BCUT2D eigenvalue weighted by molar-refractivity contribution is -0.384. The molecule has 3 rings (SSSR count). The first-order chi connectivity index (χ1) is 13.5. The number of nitro groups is 1. The summed E-state index contributed by atoms with van der Waals surface area (Å²) in [5.74, 6) is 0.145. The van der Waals surface area contributed by atoms with Crippen LogP contribution in [0.2, 0.25) is 0 Å². The van der Waals surface area contributed by atoms with Crippen molar-refractivity contribution >= 4 is 44.0 Å². The molecule has 0 aliphatic heterocycles. The van der Waals surface area contributed by atoms with Crippen molar-refractivity contribution in [2.45, 2.75) is 6.92 Å². The Kier molecular flexibility index (Phi) is 6.00. The van der Waals surface area contributed by atoms with Gasteiger partial charge in [0, 0.05) is 12.1 Å². The standard InChI is InChI=1S/C20H16BrN3O4/c1-13(14-6-9-16(10-7-14)24(26)27)22-23-19(25)12-28-18-11-8-15-4-2-3-5-17(15)20(18)21/h2-11H,12H2,1H3,(H,23,25)/b22-13-. The molecule has 3 aromatic rings. The monoisotopic (exact) mass is 441 g/mol. The minimum Gasteiger partial charge on any atom is -0.483 e. The molecule has 0 heterocycles. The molecule has 8 heteroatoms. The van der Waals surface area contributed by atoms with Gasteiger partial charge in [-0.25, -0.2) is 5.43 Å². The number of nitrogens with one attached hydrogen (secondary N) is 1. The third kappa shape index (κ3) is 4.52. The van der Waals surface area contributed by atoms with Crippen molar-refractivity contribution < 1.29 is 14.5 Å². The van der Waals surface area contributed by atoms with Gasteiger partial charge in [-0.05, 0) is 57.4 Å². The Bertz CT molecular complexity index is 1060. The van der Waals surface area contributed by atoms with E-state index in [-0.39, 0.29) is 12.3 Å². The van der Waals surface area contributed by atoms with Gasteiger partial charge in [0.15, 0.2) is 6.61 Å². The van der Waals surface area contributed by atoms with E-state index < -0.39 is 10.8 Å². The summed E-state index contributed by atoms with van der Waals surface area (Å²) in [5.41, 5.74) is 3.61. The molecule has 0 saturated heterocycles. The van der Waals surface area contributed by atoms with Gasteiger partial charge in [0.25, 0.3) is 11.6 Å². The normalized spacial score (nSPS) is 11.3. The van der Waals surface area contributed by atoms with Crippen molar-refractivity contribution in [1.29, 1.82) is 0 Å². The van der Waals surface area contributed by atoms with E-state index in [1.807, 2.05) is 30.3 Å². The van der Waals surface area contributed by atoms with Crippen LogP contribution in [-0.2, 0) is 4.79 Å². The molecule has 0 atom stereocenters. The fourth-order valence-electron chi connectivity index (χ4n) is 2.54. The highest BCUT2D eigenvalue weighted by molar-refractivity contribution is 9.10. The third-order valence-corrected chi connectivity index (χ3v) is 4.85. The lowest BCUT2D eigenvalue weighted by Crippen LogP contribution is -2.25. The minimum atomic E-state index is -0.472. The molecular weight excluding hydrogens is 426 g/mol. The third-order valence-electron chi connectivity index (χ3n) is 4.03. The predicted molar refractivity (Wildman–Crippen MR) is 111 cm³/mol. The van der Waals surface area contributed by atoms with E-state index in [9.17, 15) is 14.9 Å². The van der Waals surface area contributed by atoms with E-state index in [4.69, 9.17) is 4.74 Å². The number of fused-ring (bicyclic) bond motifs is 1. The van der Waals surface area contributed by atoms with Crippen LogP contribution >= 0.6 is 15.9 Å². The smallest absolute Gasteiger partial charge is 0.277 e. The predicted octanol–water partition coefficient (Wildman–Crippen LogP) is 4.43. The van der Waals surface area contributed by atoms with Crippen LogP contribution in [0, 0.1) is 10.1 Å². The first-order valence-corrected chi connectivity index (χ1v) is 9.13. The molecule has 0 saturated carbocycles. The van der Waals surface area contributed by atoms with Crippen molar-refractivity contribution in [2.75, 3.05) is 6.61 Å². The van der Waals surface area contributed by atoms with Gasteiger partial charge in [0.2, 0.25) is 0 Å². The summed E-state index contributed by atoms with van der Waals surface area (Å²) in [7, 11) is 0. The molecule has 0 unspecified atom stereocenters. The van der Waals surface area contributed by atoms with E-state index >= 15 is 0 Å². The first kappa shape index (κ1) is 19.5. The molecule has 7 nitrogen and oxygen atoms in total. The summed E-state index contributed by atoms with van der Waals surface area (Å²) in [6.07, 6.45) is 0. The van der Waals surface area contributed by atoms with Gasteiger partial charge >= 0.3 is 0 Å². The van der Waals surface area contributed by atoms with Crippen molar-refractivity contribution in [1.82, 2.24) is 5.43 Å². The number of nitrogens with zero attached hydrogens (tertiary/aromatic N) is 2. The number of ether oxygens (including phenoxy) is 1. The van der Waals surface area contributed by atoms with Gasteiger partial charge in [0.05, 0.1) is 15.1 Å². The fourth-order valence-corrected chi connectivity index (χ4v) is 3.14. The van der Waals surface area contributed by atoms with E-state index in [2.05, 4.69) is 26.5 Å². The van der Waals surface area contributed by atoms with Gasteiger partial charge in [-0.1, -0.05) is 30.3 Å². The Morgan fingerprint density at radius 2 is 1.86 bits per heavy atom. The lowest BCUT2D eigenvalue weighted by Gasteiger charge is -2.10. The van der Waals surface area contributed by atoms with E-state index in [1.54, 1.807) is 25.1 Å². The molecular formula is C20H16BrN3O4. The zero-order chi connectivity index (χ0) is 20.1. The maximum absolute atomic E-state index is 12.0. The second-order valence-corrected chi connectivity index (χ2v) is 6.72.